The molecular formula is C5H7N3S. The minimum absolute atomic E-state index is 0.521. The predicted octanol–water partition coefficient (Wildman–Crippen LogP) is 0.630. The van der Waals surface area contributed by atoms with Gasteiger partial charge in [-0.3, -0.25) is 5.14 Å². The van der Waals surface area contributed by atoms with Crippen LogP contribution in [0.25, 0.3) is 0 Å². The summed E-state index contributed by atoms with van der Waals surface area (Å²) in [7, 11) is 0. The number of nitrogens with zero attached hydrogens (tertiary/aromatic N) is 1. The first-order valence-corrected chi connectivity index (χ1v) is 3.29. The van der Waals surface area contributed by atoms with E-state index < -0.39 is 0 Å². The van der Waals surface area contributed by atoms with E-state index in [4.69, 9.17) is 10.9 Å². The van der Waals surface area contributed by atoms with Gasteiger partial charge in [-0.15, -0.1) is 0 Å². The van der Waals surface area contributed by atoms with Crippen LogP contribution in [0.3, 0.4) is 0 Å². The Morgan fingerprint density at radius 2 is 2.22 bits per heavy atom. The summed E-state index contributed by atoms with van der Waals surface area (Å²) in [5, 5.41) is 5.24. The van der Waals surface area contributed by atoms with Crippen molar-refractivity contribution in [1.82, 2.24) is 4.98 Å². The molecule has 0 amide bonds. The third-order valence-corrected chi connectivity index (χ3v) is 1.41. The fourth-order valence-electron chi connectivity index (χ4n) is 0.461. The molecule has 0 bridgehead atoms. The van der Waals surface area contributed by atoms with Crippen LogP contribution in [0.4, 0.5) is 5.82 Å². The Bertz CT molecular complexity index is 184. The Hall–Kier alpha value is -0.740. The van der Waals surface area contributed by atoms with Gasteiger partial charge in [-0.05, 0) is 24.1 Å². The molecule has 0 spiro atoms. The molecule has 1 aromatic rings. The highest BCUT2D eigenvalue weighted by atomic mass is 32.2. The minimum atomic E-state index is 0.521. The number of rotatable bonds is 1. The number of pyridine rings is 1. The summed E-state index contributed by atoms with van der Waals surface area (Å²) in [6, 6.07) is 3.54. The Balaban J connectivity index is 2.88. The standard InChI is InChI=1S/C5H7N3S/c6-5-2-1-4(9-7)3-8-5/h1-3H,7H2,(H2,6,8). The average molecular weight is 141 g/mol. The molecule has 0 atom stereocenters. The van der Waals surface area contributed by atoms with Crippen molar-refractivity contribution in [2.45, 2.75) is 4.90 Å². The lowest BCUT2D eigenvalue weighted by atomic mass is 10.5. The number of hydrogen-bond donors (Lipinski definition) is 2. The van der Waals surface area contributed by atoms with Gasteiger partial charge in [-0.2, -0.15) is 0 Å². The lowest BCUT2D eigenvalue weighted by Crippen LogP contribution is -1.88. The van der Waals surface area contributed by atoms with Crippen molar-refractivity contribution < 1.29 is 0 Å². The van der Waals surface area contributed by atoms with Gasteiger partial charge in [-0.25, -0.2) is 4.98 Å². The van der Waals surface area contributed by atoms with E-state index in [1.165, 1.54) is 0 Å². The first kappa shape index (κ1) is 6.38. The van der Waals surface area contributed by atoms with E-state index in [2.05, 4.69) is 4.98 Å². The summed E-state index contributed by atoms with van der Waals surface area (Å²) in [5.74, 6) is 0.521. The molecule has 0 aromatic carbocycles. The third kappa shape index (κ3) is 1.58. The maximum absolute atomic E-state index is 5.32. The fourth-order valence-corrected chi connectivity index (χ4v) is 0.722. The summed E-state index contributed by atoms with van der Waals surface area (Å²) >= 11 is 1.16. The molecule has 1 heterocycles. The van der Waals surface area contributed by atoms with Crippen molar-refractivity contribution >= 4 is 17.8 Å². The molecule has 9 heavy (non-hydrogen) atoms. The second kappa shape index (κ2) is 2.70. The predicted molar refractivity (Wildman–Crippen MR) is 38.7 cm³/mol. The molecule has 0 fully saturated rings. The van der Waals surface area contributed by atoms with Crippen molar-refractivity contribution in [2.75, 3.05) is 5.73 Å². The van der Waals surface area contributed by atoms with Crippen molar-refractivity contribution in [2.24, 2.45) is 5.14 Å². The van der Waals surface area contributed by atoms with Gasteiger partial charge < -0.3 is 5.73 Å². The average Bonchev–Trinajstić information content (AvgIpc) is 1.90. The van der Waals surface area contributed by atoms with Crippen LogP contribution in [0, 0.1) is 0 Å². The molecule has 0 aliphatic carbocycles. The Labute approximate surface area is 57.6 Å². The van der Waals surface area contributed by atoms with Gasteiger partial charge in [0.25, 0.3) is 0 Å². The van der Waals surface area contributed by atoms with E-state index in [1.54, 1.807) is 12.3 Å². The van der Waals surface area contributed by atoms with Crippen LogP contribution in [0.1, 0.15) is 0 Å². The van der Waals surface area contributed by atoms with Crippen molar-refractivity contribution in [1.29, 1.82) is 0 Å². The topological polar surface area (TPSA) is 64.9 Å². The molecular weight excluding hydrogens is 134 g/mol. The summed E-state index contributed by atoms with van der Waals surface area (Å²) in [6.07, 6.45) is 1.64. The molecule has 4 N–H and O–H groups in total. The molecule has 0 saturated carbocycles. The summed E-state index contributed by atoms with van der Waals surface area (Å²) in [6.45, 7) is 0. The van der Waals surface area contributed by atoms with E-state index in [0.717, 1.165) is 16.8 Å². The quantitative estimate of drug-likeness (QED) is 0.563. The van der Waals surface area contributed by atoms with Gasteiger partial charge in [0.15, 0.2) is 0 Å². The van der Waals surface area contributed by atoms with Crippen LogP contribution in [-0.2, 0) is 0 Å². The molecule has 4 heteroatoms. The van der Waals surface area contributed by atoms with Crippen molar-refractivity contribution in [3.8, 4) is 0 Å². The van der Waals surface area contributed by atoms with Gasteiger partial charge >= 0.3 is 0 Å². The number of aromatic nitrogens is 1. The number of nitrogen functional groups attached to an aromatic ring is 1. The highest BCUT2D eigenvalue weighted by Gasteiger charge is 1.87. The van der Waals surface area contributed by atoms with Gasteiger partial charge in [-0.1, -0.05) is 0 Å². The van der Waals surface area contributed by atoms with Gasteiger partial charge in [0.1, 0.15) is 5.82 Å². The molecule has 0 aliphatic rings. The first-order valence-electron chi connectivity index (χ1n) is 2.41. The van der Waals surface area contributed by atoms with Crippen molar-refractivity contribution in [3.05, 3.63) is 18.3 Å². The van der Waals surface area contributed by atoms with Crippen LogP contribution >= 0.6 is 11.9 Å². The molecule has 0 saturated heterocycles. The molecule has 1 aromatic heterocycles. The number of nitrogens with two attached hydrogens (primary N) is 2. The zero-order valence-corrected chi connectivity index (χ0v) is 5.56. The van der Waals surface area contributed by atoms with E-state index in [0.29, 0.717) is 5.82 Å². The van der Waals surface area contributed by atoms with Gasteiger partial charge in [0.2, 0.25) is 0 Å². The molecule has 1 rings (SSSR count). The van der Waals surface area contributed by atoms with Crippen LogP contribution in [0.5, 0.6) is 0 Å². The Kier molecular flexibility index (Phi) is 1.92. The molecule has 48 valence electrons. The summed E-state index contributed by atoms with van der Waals surface area (Å²) in [5.41, 5.74) is 5.32. The maximum Gasteiger partial charge on any atom is 0.123 e. The highest BCUT2D eigenvalue weighted by Crippen LogP contribution is 2.09. The third-order valence-electron chi connectivity index (χ3n) is 0.895. The zero-order valence-electron chi connectivity index (χ0n) is 4.74. The number of anilines is 1. The van der Waals surface area contributed by atoms with E-state index in [9.17, 15) is 0 Å². The highest BCUT2D eigenvalue weighted by molar-refractivity contribution is 7.97. The summed E-state index contributed by atoms with van der Waals surface area (Å²) in [4.78, 5) is 4.75. The molecule has 0 radical (unpaired) electrons. The van der Waals surface area contributed by atoms with Gasteiger partial charge in [0.05, 0.1) is 0 Å². The lowest BCUT2D eigenvalue weighted by molar-refractivity contribution is 1.25. The maximum atomic E-state index is 5.32. The van der Waals surface area contributed by atoms with Crippen LogP contribution in [0.15, 0.2) is 23.2 Å². The molecule has 0 unspecified atom stereocenters. The van der Waals surface area contributed by atoms with E-state index in [-0.39, 0.29) is 0 Å². The van der Waals surface area contributed by atoms with Crippen LogP contribution in [-0.4, -0.2) is 4.98 Å². The largest absolute Gasteiger partial charge is 0.384 e. The molecule has 0 aliphatic heterocycles. The second-order valence-corrected chi connectivity index (χ2v) is 2.24. The fraction of sp³-hybridized carbons (Fsp3) is 0. The summed E-state index contributed by atoms with van der Waals surface area (Å²) < 4.78 is 0. The van der Waals surface area contributed by atoms with Crippen LogP contribution in [0.2, 0.25) is 0 Å². The number of hydrogen-bond acceptors (Lipinski definition) is 4. The lowest BCUT2D eigenvalue weighted by Gasteiger charge is -1.92. The van der Waals surface area contributed by atoms with E-state index >= 15 is 0 Å². The minimum Gasteiger partial charge on any atom is -0.384 e. The Morgan fingerprint density at radius 3 is 2.67 bits per heavy atom. The molecule has 3 nitrogen and oxygen atoms in total. The van der Waals surface area contributed by atoms with Crippen LogP contribution < -0.4 is 10.9 Å². The van der Waals surface area contributed by atoms with E-state index in [1.807, 2.05) is 6.07 Å². The van der Waals surface area contributed by atoms with Crippen molar-refractivity contribution in [3.63, 3.8) is 0 Å². The first-order chi connectivity index (χ1) is 4.33. The SMILES string of the molecule is NSc1ccc(N)nc1. The smallest absolute Gasteiger partial charge is 0.123 e. The van der Waals surface area contributed by atoms with Gasteiger partial charge in [0, 0.05) is 11.1 Å². The zero-order chi connectivity index (χ0) is 6.69. The monoisotopic (exact) mass is 141 g/mol. The normalized spacial score (nSPS) is 9.44. The Morgan fingerprint density at radius 1 is 1.44 bits per heavy atom. The second-order valence-electron chi connectivity index (χ2n) is 1.54.